The predicted molar refractivity (Wildman–Crippen MR) is 49.6 cm³/mol. The molecule has 0 radical (unpaired) electrons. The molecular formula is C10H18O3. The summed E-state index contributed by atoms with van der Waals surface area (Å²) in [6.45, 7) is 0.597. The van der Waals surface area contributed by atoms with Gasteiger partial charge in [-0.25, -0.2) is 0 Å². The molecule has 0 aromatic heterocycles. The lowest BCUT2D eigenvalue weighted by atomic mass is 9.72. The molecule has 3 heteroatoms. The standard InChI is InChI=1S/C10H18O3/c1-13-8-10(7-9(11)12)5-3-2-4-6-10/h2-8H2,1H3,(H,11,12). The summed E-state index contributed by atoms with van der Waals surface area (Å²) in [6.07, 6.45) is 5.82. The molecular weight excluding hydrogens is 168 g/mol. The van der Waals surface area contributed by atoms with Crippen molar-refractivity contribution < 1.29 is 14.6 Å². The van der Waals surface area contributed by atoms with Gasteiger partial charge in [-0.2, -0.15) is 0 Å². The van der Waals surface area contributed by atoms with Crippen LogP contribution in [0.5, 0.6) is 0 Å². The van der Waals surface area contributed by atoms with E-state index in [-0.39, 0.29) is 11.8 Å². The van der Waals surface area contributed by atoms with Crippen molar-refractivity contribution >= 4 is 5.97 Å². The number of rotatable bonds is 4. The van der Waals surface area contributed by atoms with Crippen LogP contribution in [-0.2, 0) is 9.53 Å². The second-order valence-corrected chi connectivity index (χ2v) is 4.06. The fraction of sp³-hybridized carbons (Fsp3) is 0.900. The zero-order chi connectivity index (χ0) is 9.73. The molecule has 1 aliphatic carbocycles. The number of carboxylic acid groups (broad SMARTS) is 1. The Labute approximate surface area is 79.1 Å². The van der Waals surface area contributed by atoms with Gasteiger partial charge < -0.3 is 9.84 Å². The van der Waals surface area contributed by atoms with Crippen LogP contribution in [0, 0.1) is 5.41 Å². The number of hydrogen-bond donors (Lipinski definition) is 1. The van der Waals surface area contributed by atoms with E-state index < -0.39 is 5.97 Å². The van der Waals surface area contributed by atoms with E-state index in [0.717, 1.165) is 25.7 Å². The number of carboxylic acids is 1. The van der Waals surface area contributed by atoms with Crippen molar-refractivity contribution in [2.24, 2.45) is 5.41 Å². The Morgan fingerprint density at radius 1 is 1.38 bits per heavy atom. The maximum Gasteiger partial charge on any atom is 0.303 e. The second kappa shape index (κ2) is 4.61. The van der Waals surface area contributed by atoms with Crippen LogP contribution in [0.15, 0.2) is 0 Å². The van der Waals surface area contributed by atoms with Gasteiger partial charge in [0.25, 0.3) is 0 Å². The van der Waals surface area contributed by atoms with Crippen molar-refractivity contribution in [2.75, 3.05) is 13.7 Å². The molecule has 0 spiro atoms. The molecule has 0 amide bonds. The molecule has 1 saturated carbocycles. The minimum absolute atomic E-state index is 0.0706. The van der Waals surface area contributed by atoms with Gasteiger partial charge in [-0.15, -0.1) is 0 Å². The molecule has 1 fully saturated rings. The Bertz CT molecular complexity index is 165. The van der Waals surface area contributed by atoms with Gasteiger partial charge in [0, 0.05) is 12.5 Å². The van der Waals surface area contributed by atoms with Crippen molar-refractivity contribution in [2.45, 2.75) is 38.5 Å². The first-order chi connectivity index (χ1) is 6.18. The van der Waals surface area contributed by atoms with Crippen LogP contribution < -0.4 is 0 Å². The Kier molecular flexibility index (Phi) is 3.72. The molecule has 0 saturated heterocycles. The fourth-order valence-corrected chi connectivity index (χ4v) is 2.30. The predicted octanol–water partition coefficient (Wildman–Crippen LogP) is 2.06. The lowest BCUT2D eigenvalue weighted by molar-refractivity contribution is -0.141. The minimum atomic E-state index is -0.695. The van der Waals surface area contributed by atoms with Crippen molar-refractivity contribution in [1.29, 1.82) is 0 Å². The molecule has 0 aromatic carbocycles. The van der Waals surface area contributed by atoms with Crippen LogP contribution in [0.2, 0.25) is 0 Å². The van der Waals surface area contributed by atoms with Gasteiger partial charge in [0.05, 0.1) is 13.0 Å². The Balaban J connectivity index is 2.55. The molecule has 1 rings (SSSR count). The highest BCUT2D eigenvalue weighted by molar-refractivity contribution is 5.67. The molecule has 0 bridgehead atoms. The number of methoxy groups -OCH3 is 1. The number of hydrogen-bond acceptors (Lipinski definition) is 2. The third kappa shape index (κ3) is 2.99. The lowest BCUT2D eigenvalue weighted by Gasteiger charge is -2.35. The van der Waals surface area contributed by atoms with Crippen molar-refractivity contribution in [1.82, 2.24) is 0 Å². The zero-order valence-corrected chi connectivity index (χ0v) is 8.21. The molecule has 3 nitrogen and oxygen atoms in total. The molecule has 0 aromatic rings. The molecule has 0 atom stereocenters. The topological polar surface area (TPSA) is 46.5 Å². The first-order valence-corrected chi connectivity index (χ1v) is 4.89. The maximum atomic E-state index is 10.7. The summed E-state index contributed by atoms with van der Waals surface area (Å²) in [6, 6.07) is 0. The van der Waals surface area contributed by atoms with E-state index in [2.05, 4.69) is 0 Å². The summed E-state index contributed by atoms with van der Waals surface area (Å²) >= 11 is 0. The number of carbonyl (C=O) groups is 1. The van der Waals surface area contributed by atoms with Gasteiger partial charge in [-0.05, 0) is 12.8 Å². The van der Waals surface area contributed by atoms with E-state index >= 15 is 0 Å². The first-order valence-electron chi connectivity index (χ1n) is 4.89. The average molecular weight is 186 g/mol. The third-order valence-electron chi connectivity index (χ3n) is 2.89. The molecule has 0 aliphatic heterocycles. The van der Waals surface area contributed by atoms with E-state index in [1.54, 1.807) is 7.11 Å². The summed E-state index contributed by atoms with van der Waals surface area (Å²) in [4.78, 5) is 10.7. The lowest BCUT2D eigenvalue weighted by Crippen LogP contribution is -2.31. The SMILES string of the molecule is COCC1(CC(=O)O)CCCCC1. The highest BCUT2D eigenvalue weighted by Crippen LogP contribution is 2.39. The highest BCUT2D eigenvalue weighted by Gasteiger charge is 2.34. The summed E-state index contributed by atoms with van der Waals surface area (Å²) in [5.74, 6) is -0.695. The van der Waals surface area contributed by atoms with Gasteiger partial charge in [0.1, 0.15) is 0 Å². The van der Waals surface area contributed by atoms with E-state index in [1.807, 2.05) is 0 Å². The van der Waals surface area contributed by atoms with Crippen molar-refractivity contribution in [3.05, 3.63) is 0 Å². The van der Waals surface area contributed by atoms with Gasteiger partial charge >= 0.3 is 5.97 Å². The second-order valence-electron chi connectivity index (χ2n) is 4.06. The normalized spacial score (nSPS) is 21.3. The maximum absolute atomic E-state index is 10.7. The summed E-state index contributed by atoms with van der Waals surface area (Å²) in [5, 5.41) is 8.80. The van der Waals surface area contributed by atoms with E-state index in [0.29, 0.717) is 6.61 Å². The summed E-state index contributed by atoms with van der Waals surface area (Å²) in [5.41, 5.74) is -0.0706. The molecule has 0 unspecified atom stereocenters. The zero-order valence-electron chi connectivity index (χ0n) is 8.21. The van der Waals surface area contributed by atoms with Crippen LogP contribution >= 0.6 is 0 Å². The quantitative estimate of drug-likeness (QED) is 0.731. The Morgan fingerprint density at radius 2 is 2.00 bits per heavy atom. The van der Waals surface area contributed by atoms with Gasteiger partial charge in [0.2, 0.25) is 0 Å². The van der Waals surface area contributed by atoms with Crippen LogP contribution in [-0.4, -0.2) is 24.8 Å². The molecule has 1 aliphatic rings. The van der Waals surface area contributed by atoms with Crippen LogP contribution in [0.3, 0.4) is 0 Å². The van der Waals surface area contributed by atoms with E-state index in [1.165, 1.54) is 6.42 Å². The molecule has 0 heterocycles. The monoisotopic (exact) mass is 186 g/mol. The first kappa shape index (κ1) is 10.5. The smallest absolute Gasteiger partial charge is 0.303 e. The van der Waals surface area contributed by atoms with Crippen LogP contribution in [0.1, 0.15) is 38.5 Å². The Hall–Kier alpha value is -0.570. The fourth-order valence-electron chi connectivity index (χ4n) is 2.30. The van der Waals surface area contributed by atoms with Gasteiger partial charge in [0.15, 0.2) is 0 Å². The molecule has 13 heavy (non-hydrogen) atoms. The number of aliphatic carboxylic acids is 1. The van der Waals surface area contributed by atoms with Crippen molar-refractivity contribution in [3.63, 3.8) is 0 Å². The summed E-state index contributed by atoms with van der Waals surface area (Å²) in [7, 11) is 1.65. The van der Waals surface area contributed by atoms with Crippen LogP contribution in [0.25, 0.3) is 0 Å². The minimum Gasteiger partial charge on any atom is -0.481 e. The Morgan fingerprint density at radius 3 is 2.46 bits per heavy atom. The molecule has 1 N–H and O–H groups in total. The number of ether oxygens (including phenoxy) is 1. The largest absolute Gasteiger partial charge is 0.481 e. The van der Waals surface area contributed by atoms with Gasteiger partial charge in [-0.1, -0.05) is 19.3 Å². The molecule has 76 valence electrons. The third-order valence-corrected chi connectivity index (χ3v) is 2.89. The van der Waals surface area contributed by atoms with Crippen molar-refractivity contribution in [3.8, 4) is 0 Å². The van der Waals surface area contributed by atoms with E-state index in [9.17, 15) is 4.79 Å². The van der Waals surface area contributed by atoms with Gasteiger partial charge in [-0.3, -0.25) is 4.79 Å². The van der Waals surface area contributed by atoms with Crippen LogP contribution in [0.4, 0.5) is 0 Å². The van der Waals surface area contributed by atoms with E-state index in [4.69, 9.17) is 9.84 Å². The summed E-state index contributed by atoms with van der Waals surface area (Å²) < 4.78 is 5.12. The average Bonchev–Trinajstić information content (AvgIpc) is 2.04. The highest BCUT2D eigenvalue weighted by atomic mass is 16.5.